The number of hydrogen-bond donors (Lipinski definition) is 0. The predicted octanol–water partition coefficient (Wildman–Crippen LogP) is 1.94. The smallest absolute Gasteiger partial charge is 0.305 e. The molecule has 14 heavy (non-hydrogen) atoms. The first-order valence-electron chi connectivity index (χ1n) is 5.25. The lowest BCUT2D eigenvalue weighted by Gasteiger charge is -2.24. The van der Waals surface area contributed by atoms with Crippen LogP contribution in [0.5, 0.6) is 0 Å². The Balaban J connectivity index is 2.36. The minimum Gasteiger partial charge on any atom is -0.469 e. The molecule has 0 aliphatic heterocycles. The Labute approximate surface area is 84.8 Å². The molecule has 3 nitrogen and oxygen atoms in total. The van der Waals surface area contributed by atoms with Crippen molar-refractivity contribution in [3.05, 3.63) is 0 Å². The molecule has 0 saturated heterocycles. The molecule has 0 aromatic rings. The van der Waals surface area contributed by atoms with Gasteiger partial charge in [-0.3, -0.25) is 9.59 Å². The third-order valence-corrected chi connectivity index (χ3v) is 3.00. The molecule has 80 valence electrons. The lowest BCUT2D eigenvalue weighted by Crippen LogP contribution is -2.27. The molecule has 0 aromatic carbocycles. The zero-order valence-corrected chi connectivity index (χ0v) is 8.91. The van der Waals surface area contributed by atoms with Gasteiger partial charge in [-0.15, -0.1) is 0 Å². The van der Waals surface area contributed by atoms with Crippen molar-refractivity contribution in [3.8, 4) is 0 Å². The largest absolute Gasteiger partial charge is 0.469 e. The van der Waals surface area contributed by atoms with Gasteiger partial charge in [0.2, 0.25) is 0 Å². The van der Waals surface area contributed by atoms with Gasteiger partial charge in [-0.25, -0.2) is 0 Å². The van der Waals surface area contributed by atoms with Gasteiger partial charge in [0.15, 0.2) is 0 Å². The topological polar surface area (TPSA) is 43.4 Å². The van der Waals surface area contributed by atoms with E-state index in [0.717, 1.165) is 19.3 Å². The molecule has 0 heterocycles. The lowest BCUT2D eigenvalue weighted by molar-refractivity contribution is -0.141. The van der Waals surface area contributed by atoms with Crippen molar-refractivity contribution in [2.24, 2.45) is 11.8 Å². The number of methoxy groups -OCH3 is 1. The van der Waals surface area contributed by atoms with Crippen LogP contribution in [-0.4, -0.2) is 18.9 Å². The Morgan fingerprint density at radius 3 is 2.86 bits per heavy atom. The average molecular weight is 198 g/mol. The molecule has 2 unspecified atom stereocenters. The molecule has 0 aromatic heterocycles. The van der Waals surface area contributed by atoms with Crippen molar-refractivity contribution in [2.75, 3.05) is 7.11 Å². The summed E-state index contributed by atoms with van der Waals surface area (Å²) in [6.07, 6.45) is 4.10. The summed E-state index contributed by atoms with van der Waals surface area (Å²) in [6, 6.07) is 0. The Bertz CT molecular complexity index is 223. The molecule has 1 rings (SSSR count). The molecular formula is C11H18O3. The minimum atomic E-state index is -0.212. The highest BCUT2D eigenvalue weighted by atomic mass is 16.5. The summed E-state index contributed by atoms with van der Waals surface area (Å²) >= 11 is 0. The van der Waals surface area contributed by atoms with Crippen LogP contribution in [-0.2, 0) is 14.3 Å². The fourth-order valence-electron chi connectivity index (χ4n) is 2.04. The van der Waals surface area contributed by atoms with Crippen molar-refractivity contribution >= 4 is 11.8 Å². The zero-order chi connectivity index (χ0) is 10.6. The van der Waals surface area contributed by atoms with Gasteiger partial charge in [-0.05, 0) is 19.3 Å². The second-order valence-electron chi connectivity index (χ2n) is 4.05. The summed E-state index contributed by atoms with van der Waals surface area (Å²) in [5, 5.41) is 0. The third-order valence-electron chi connectivity index (χ3n) is 3.00. The van der Waals surface area contributed by atoms with Gasteiger partial charge >= 0.3 is 5.97 Å². The average Bonchev–Trinajstić information content (AvgIpc) is 2.20. The lowest BCUT2D eigenvalue weighted by atomic mass is 9.79. The number of esters is 1. The van der Waals surface area contributed by atoms with Gasteiger partial charge in [0.1, 0.15) is 5.78 Å². The monoisotopic (exact) mass is 198 g/mol. The maximum Gasteiger partial charge on any atom is 0.305 e. The normalized spacial score (nSPS) is 27.4. The first-order valence-corrected chi connectivity index (χ1v) is 5.25. The summed E-state index contributed by atoms with van der Waals surface area (Å²) in [7, 11) is 1.38. The molecule has 1 aliphatic rings. The quantitative estimate of drug-likeness (QED) is 0.651. The predicted molar refractivity (Wildman–Crippen MR) is 52.8 cm³/mol. The minimum absolute atomic E-state index is 0.0952. The first-order chi connectivity index (χ1) is 6.65. The van der Waals surface area contributed by atoms with Crippen LogP contribution >= 0.6 is 0 Å². The van der Waals surface area contributed by atoms with Crippen molar-refractivity contribution < 1.29 is 14.3 Å². The Hall–Kier alpha value is -0.860. The van der Waals surface area contributed by atoms with Gasteiger partial charge in [0, 0.05) is 18.3 Å². The Morgan fingerprint density at radius 1 is 1.50 bits per heavy atom. The molecule has 0 bridgehead atoms. The van der Waals surface area contributed by atoms with E-state index in [1.165, 1.54) is 7.11 Å². The van der Waals surface area contributed by atoms with E-state index in [4.69, 9.17) is 0 Å². The SMILES string of the molecule is COC(=O)CCC1CCCC(C)C1=O. The van der Waals surface area contributed by atoms with Crippen LogP contribution in [0.15, 0.2) is 0 Å². The van der Waals surface area contributed by atoms with Crippen LogP contribution < -0.4 is 0 Å². The molecule has 1 saturated carbocycles. The van der Waals surface area contributed by atoms with Gasteiger partial charge in [-0.1, -0.05) is 13.3 Å². The summed E-state index contributed by atoms with van der Waals surface area (Å²) in [5.74, 6) is 0.403. The van der Waals surface area contributed by atoms with Gasteiger partial charge < -0.3 is 4.74 Å². The molecular weight excluding hydrogens is 180 g/mol. The summed E-state index contributed by atoms with van der Waals surface area (Å²) in [4.78, 5) is 22.6. The second kappa shape index (κ2) is 5.13. The summed E-state index contributed by atoms with van der Waals surface area (Å²) < 4.78 is 4.55. The molecule has 2 atom stereocenters. The third kappa shape index (κ3) is 2.82. The first kappa shape index (κ1) is 11.2. The van der Waals surface area contributed by atoms with Crippen LogP contribution in [0.1, 0.15) is 39.0 Å². The van der Waals surface area contributed by atoms with E-state index >= 15 is 0 Å². The molecule has 0 spiro atoms. The van der Waals surface area contributed by atoms with Crippen LogP contribution in [0.2, 0.25) is 0 Å². The Kier molecular flexibility index (Phi) is 4.11. The number of ether oxygens (including phenoxy) is 1. The van der Waals surface area contributed by atoms with Crippen LogP contribution in [0, 0.1) is 11.8 Å². The number of hydrogen-bond acceptors (Lipinski definition) is 3. The molecule has 0 amide bonds. The van der Waals surface area contributed by atoms with Gasteiger partial charge in [-0.2, -0.15) is 0 Å². The van der Waals surface area contributed by atoms with E-state index in [9.17, 15) is 9.59 Å². The number of ketones is 1. The molecule has 3 heteroatoms. The van der Waals surface area contributed by atoms with E-state index in [2.05, 4.69) is 4.74 Å². The summed E-state index contributed by atoms with van der Waals surface area (Å²) in [5.41, 5.74) is 0. The summed E-state index contributed by atoms with van der Waals surface area (Å²) in [6.45, 7) is 1.98. The number of Topliss-reactive ketones (excluding diaryl/α,β-unsaturated/α-hetero) is 1. The van der Waals surface area contributed by atoms with Gasteiger partial charge in [0.25, 0.3) is 0 Å². The second-order valence-corrected chi connectivity index (χ2v) is 4.05. The highest BCUT2D eigenvalue weighted by Gasteiger charge is 2.28. The van der Waals surface area contributed by atoms with E-state index in [1.54, 1.807) is 0 Å². The van der Waals surface area contributed by atoms with Crippen molar-refractivity contribution in [2.45, 2.75) is 39.0 Å². The molecule has 1 fully saturated rings. The highest BCUT2D eigenvalue weighted by Crippen LogP contribution is 2.28. The molecule has 0 N–H and O–H groups in total. The van der Waals surface area contributed by atoms with Crippen LogP contribution in [0.25, 0.3) is 0 Å². The van der Waals surface area contributed by atoms with E-state index in [1.807, 2.05) is 6.92 Å². The van der Waals surface area contributed by atoms with Gasteiger partial charge in [0.05, 0.1) is 7.11 Å². The Morgan fingerprint density at radius 2 is 2.21 bits per heavy atom. The fourth-order valence-corrected chi connectivity index (χ4v) is 2.04. The van der Waals surface area contributed by atoms with E-state index in [0.29, 0.717) is 18.6 Å². The molecule has 1 aliphatic carbocycles. The van der Waals surface area contributed by atoms with Crippen LogP contribution in [0.4, 0.5) is 0 Å². The highest BCUT2D eigenvalue weighted by molar-refractivity contribution is 5.84. The maximum atomic E-state index is 11.7. The number of carbonyl (C=O) groups is 2. The van der Waals surface area contributed by atoms with E-state index < -0.39 is 0 Å². The van der Waals surface area contributed by atoms with Crippen molar-refractivity contribution in [3.63, 3.8) is 0 Å². The number of rotatable bonds is 3. The fraction of sp³-hybridized carbons (Fsp3) is 0.818. The molecule has 0 radical (unpaired) electrons. The van der Waals surface area contributed by atoms with Crippen molar-refractivity contribution in [1.82, 2.24) is 0 Å². The standard InChI is InChI=1S/C11H18O3/c1-8-4-3-5-9(11(8)13)6-7-10(12)14-2/h8-9H,3-7H2,1-2H3. The maximum absolute atomic E-state index is 11.7. The zero-order valence-electron chi connectivity index (χ0n) is 8.91. The van der Waals surface area contributed by atoms with E-state index in [-0.39, 0.29) is 17.8 Å². The number of carbonyl (C=O) groups excluding carboxylic acids is 2. The van der Waals surface area contributed by atoms with Crippen LogP contribution in [0.3, 0.4) is 0 Å². The van der Waals surface area contributed by atoms with Crippen molar-refractivity contribution in [1.29, 1.82) is 0 Å².